The summed E-state index contributed by atoms with van der Waals surface area (Å²) < 4.78 is 42.6. The molecule has 4 rings (SSSR count). The predicted octanol–water partition coefficient (Wildman–Crippen LogP) is 4.65. The van der Waals surface area contributed by atoms with Gasteiger partial charge in [-0.05, 0) is 47.0 Å². The molecule has 33 heavy (non-hydrogen) atoms. The lowest BCUT2D eigenvalue weighted by Gasteiger charge is -2.08. The van der Waals surface area contributed by atoms with Crippen LogP contribution in [-0.4, -0.2) is 25.6 Å². The standard InChI is InChI=1S/C24H16FNO6S/c1-33(30,31)20-11-7-16(8-12-20)22-21(14-15-3-2-4-19(13-15)26(28)29)32-24(27)23(22)17-5-9-18(25)10-6-17/h2-14H,1H3/b21-14-. The summed E-state index contributed by atoms with van der Waals surface area (Å²) in [5.74, 6) is -1.02. The number of hydrogen-bond donors (Lipinski definition) is 0. The molecule has 7 nitrogen and oxygen atoms in total. The van der Waals surface area contributed by atoms with Crippen LogP contribution in [0.1, 0.15) is 16.7 Å². The number of nitrogens with zero attached hydrogens (tertiary/aromatic N) is 1. The van der Waals surface area contributed by atoms with Crippen molar-refractivity contribution in [1.82, 2.24) is 0 Å². The van der Waals surface area contributed by atoms with Crippen molar-refractivity contribution >= 4 is 38.7 Å². The number of nitro benzene ring substituents is 1. The van der Waals surface area contributed by atoms with Crippen LogP contribution < -0.4 is 0 Å². The first kappa shape index (κ1) is 22.1. The third-order valence-corrected chi connectivity index (χ3v) is 6.11. The van der Waals surface area contributed by atoms with Crippen LogP contribution in [0, 0.1) is 15.9 Å². The second-order valence-electron chi connectivity index (χ2n) is 7.30. The second-order valence-corrected chi connectivity index (χ2v) is 9.32. The number of rotatable bonds is 5. The maximum absolute atomic E-state index is 13.5. The molecule has 1 heterocycles. The van der Waals surface area contributed by atoms with Crippen molar-refractivity contribution in [3.8, 4) is 0 Å². The molecule has 0 saturated heterocycles. The molecule has 3 aromatic carbocycles. The van der Waals surface area contributed by atoms with Gasteiger partial charge in [0.1, 0.15) is 11.6 Å². The van der Waals surface area contributed by atoms with Gasteiger partial charge >= 0.3 is 5.97 Å². The lowest BCUT2D eigenvalue weighted by atomic mass is 9.94. The molecule has 0 atom stereocenters. The number of hydrogen-bond acceptors (Lipinski definition) is 6. The maximum Gasteiger partial charge on any atom is 0.344 e. The SMILES string of the molecule is CS(=O)(=O)c1ccc(C2=C(c3ccc(F)cc3)C(=O)O/C2=C\c2cccc([N+](=O)[O-])c2)cc1. The molecule has 0 unspecified atom stereocenters. The van der Waals surface area contributed by atoms with Gasteiger partial charge in [0, 0.05) is 24.0 Å². The molecule has 0 aliphatic carbocycles. The summed E-state index contributed by atoms with van der Waals surface area (Å²) in [6, 6.07) is 17.0. The van der Waals surface area contributed by atoms with E-state index in [4.69, 9.17) is 4.74 Å². The van der Waals surface area contributed by atoms with Gasteiger partial charge in [0.2, 0.25) is 0 Å². The fourth-order valence-corrected chi connectivity index (χ4v) is 4.07. The number of benzene rings is 3. The molecule has 166 valence electrons. The van der Waals surface area contributed by atoms with Gasteiger partial charge in [-0.2, -0.15) is 0 Å². The van der Waals surface area contributed by atoms with Crippen molar-refractivity contribution in [1.29, 1.82) is 0 Å². The highest BCUT2D eigenvalue weighted by atomic mass is 32.2. The van der Waals surface area contributed by atoms with E-state index in [0.717, 1.165) is 6.26 Å². The average Bonchev–Trinajstić information content (AvgIpc) is 3.09. The average molecular weight is 465 g/mol. The Morgan fingerprint density at radius 3 is 2.15 bits per heavy atom. The molecule has 0 bridgehead atoms. The Morgan fingerprint density at radius 1 is 0.939 bits per heavy atom. The molecule has 1 aliphatic rings. The minimum Gasteiger partial charge on any atom is -0.422 e. The topological polar surface area (TPSA) is 104 Å². The van der Waals surface area contributed by atoms with Crippen molar-refractivity contribution in [3.05, 3.63) is 111 Å². The van der Waals surface area contributed by atoms with Gasteiger partial charge in [0.15, 0.2) is 9.84 Å². The largest absolute Gasteiger partial charge is 0.422 e. The minimum atomic E-state index is -3.43. The first-order valence-electron chi connectivity index (χ1n) is 9.63. The predicted molar refractivity (Wildman–Crippen MR) is 120 cm³/mol. The molecule has 0 aromatic heterocycles. The lowest BCUT2D eigenvalue weighted by molar-refractivity contribution is -0.384. The number of carbonyl (C=O) groups excluding carboxylic acids is 1. The Bertz CT molecular complexity index is 1440. The Balaban J connectivity index is 1.92. The first-order valence-corrected chi connectivity index (χ1v) is 11.5. The van der Waals surface area contributed by atoms with Gasteiger partial charge < -0.3 is 4.74 Å². The number of cyclic esters (lactones) is 1. The van der Waals surface area contributed by atoms with Crippen LogP contribution in [0.5, 0.6) is 0 Å². The fourth-order valence-electron chi connectivity index (χ4n) is 3.44. The molecule has 0 fully saturated rings. The molecule has 0 amide bonds. The van der Waals surface area contributed by atoms with Gasteiger partial charge in [-0.1, -0.05) is 36.4 Å². The van der Waals surface area contributed by atoms with E-state index >= 15 is 0 Å². The zero-order chi connectivity index (χ0) is 23.8. The number of esters is 1. The van der Waals surface area contributed by atoms with E-state index in [1.54, 1.807) is 18.2 Å². The van der Waals surface area contributed by atoms with Crippen LogP contribution in [0.4, 0.5) is 10.1 Å². The number of allylic oxidation sites excluding steroid dienone is 1. The highest BCUT2D eigenvalue weighted by Crippen LogP contribution is 2.41. The summed E-state index contributed by atoms with van der Waals surface area (Å²) in [4.78, 5) is 23.5. The minimum absolute atomic E-state index is 0.102. The summed E-state index contributed by atoms with van der Waals surface area (Å²) >= 11 is 0. The van der Waals surface area contributed by atoms with Crippen LogP contribution in [0.15, 0.2) is 83.5 Å². The van der Waals surface area contributed by atoms with Crippen molar-refractivity contribution in [2.75, 3.05) is 6.26 Å². The molecule has 0 spiro atoms. The Hall–Kier alpha value is -4.11. The smallest absolute Gasteiger partial charge is 0.344 e. The van der Waals surface area contributed by atoms with Crippen molar-refractivity contribution in [3.63, 3.8) is 0 Å². The van der Waals surface area contributed by atoms with E-state index in [1.165, 1.54) is 60.7 Å². The third kappa shape index (κ3) is 4.58. The van der Waals surface area contributed by atoms with E-state index in [1.807, 2.05) is 0 Å². The number of ether oxygens (including phenoxy) is 1. The van der Waals surface area contributed by atoms with Gasteiger partial charge in [-0.3, -0.25) is 10.1 Å². The number of non-ortho nitro benzene ring substituents is 1. The van der Waals surface area contributed by atoms with E-state index in [0.29, 0.717) is 22.3 Å². The molecular formula is C24H16FNO6S. The van der Waals surface area contributed by atoms with Gasteiger partial charge in [-0.25, -0.2) is 17.6 Å². The zero-order valence-corrected chi connectivity index (χ0v) is 18.0. The normalized spacial score (nSPS) is 15.1. The molecule has 0 N–H and O–H groups in total. The fraction of sp³-hybridized carbons (Fsp3) is 0.0417. The molecule has 3 aromatic rings. The zero-order valence-electron chi connectivity index (χ0n) is 17.2. The Kier molecular flexibility index (Phi) is 5.65. The van der Waals surface area contributed by atoms with Crippen LogP contribution in [0.2, 0.25) is 0 Å². The van der Waals surface area contributed by atoms with Crippen LogP contribution in [-0.2, 0) is 19.4 Å². The number of carbonyl (C=O) groups is 1. The summed E-state index contributed by atoms with van der Waals surface area (Å²) in [5.41, 5.74) is 1.72. The number of nitro groups is 1. The monoisotopic (exact) mass is 465 g/mol. The molecular weight excluding hydrogens is 449 g/mol. The quantitative estimate of drug-likeness (QED) is 0.309. The van der Waals surface area contributed by atoms with Crippen LogP contribution >= 0.6 is 0 Å². The maximum atomic E-state index is 13.5. The Labute approximate surface area is 188 Å². The van der Waals surface area contributed by atoms with Gasteiger partial charge in [0.25, 0.3) is 5.69 Å². The van der Waals surface area contributed by atoms with Gasteiger partial charge in [-0.15, -0.1) is 0 Å². The van der Waals surface area contributed by atoms with Crippen LogP contribution in [0.3, 0.4) is 0 Å². The molecule has 1 aliphatic heterocycles. The van der Waals surface area contributed by atoms with Crippen molar-refractivity contribution in [2.45, 2.75) is 4.90 Å². The first-order chi connectivity index (χ1) is 15.6. The number of halogens is 1. The molecule has 0 saturated carbocycles. The molecule has 0 radical (unpaired) electrons. The summed E-state index contributed by atoms with van der Waals surface area (Å²) in [6.45, 7) is 0. The molecule has 9 heteroatoms. The summed E-state index contributed by atoms with van der Waals surface area (Å²) in [6.07, 6.45) is 2.57. The second kappa shape index (κ2) is 8.44. The Morgan fingerprint density at radius 2 is 1.55 bits per heavy atom. The van der Waals surface area contributed by atoms with Crippen LogP contribution in [0.25, 0.3) is 17.2 Å². The summed E-state index contributed by atoms with van der Waals surface area (Å²) in [5, 5.41) is 11.1. The van der Waals surface area contributed by atoms with Crippen molar-refractivity contribution in [2.24, 2.45) is 0 Å². The summed E-state index contributed by atoms with van der Waals surface area (Å²) in [7, 11) is -3.43. The van der Waals surface area contributed by atoms with E-state index < -0.39 is 26.5 Å². The highest BCUT2D eigenvalue weighted by Gasteiger charge is 2.32. The van der Waals surface area contributed by atoms with E-state index in [9.17, 15) is 27.7 Å². The van der Waals surface area contributed by atoms with Crippen molar-refractivity contribution < 1.29 is 27.3 Å². The van der Waals surface area contributed by atoms with E-state index in [2.05, 4.69) is 0 Å². The lowest BCUT2D eigenvalue weighted by Crippen LogP contribution is -1.98. The van der Waals surface area contributed by atoms with E-state index in [-0.39, 0.29) is 21.9 Å². The van der Waals surface area contributed by atoms with Gasteiger partial charge in [0.05, 0.1) is 15.4 Å². The third-order valence-electron chi connectivity index (χ3n) is 4.99. The number of sulfone groups is 1. The highest BCUT2D eigenvalue weighted by molar-refractivity contribution is 7.90.